The van der Waals surface area contributed by atoms with Crippen molar-refractivity contribution in [1.29, 1.82) is 0 Å². The molecule has 1 heterocycles. The van der Waals surface area contributed by atoms with Crippen molar-refractivity contribution < 1.29 is 4.39 Å². The van der Waals surface area contributed by atoms with E-state index in [1.807, 2.05) is 6.07 Å². The maximum atomic E-state index is 13.5. The predicted molar refractivity (Wildman–Crippen MR) is 76.7 cm³/mol. The van der Waals surface area contributed by atoms with Crippen LogP contribution in [0.25, 0.3) is 11.0 Å². The van der Waals surface area contributed by atoms with Gasteiger partial charge in [-0.1, -0.05) is 6.92 Å². The molecule has 0 aliphatic heterocycles. The summed E-state index contributed by atoms with van der Waals surface area (Å²) in [7, 11) is 0. The van der Waals surface area contributed by atoms with E-state index in [1.54, 1.807) is 0 Å². The molecule has 3 rings (SSSR count). The Hall–Kier alpha value is -0.680. The van der Waals surface area contributed by atoms with Crippen molar-refractivity contribution in [3.05, 3.63) is 27.2 Å². The van der Waals surface area contributed by atoms with Crippen molar-refractivity contribution in [2.45, 2.75) is 32.7 Å². The molecular weight excluding hydrogens is 315 g/mol. The molecule has 2 aromatic rings. The minimum atomic E-state index is -0.262. The first-order valence-corrected chi connectivity index (χ1v) is 7.32. The van der Waals surface area contributed by atoms with Gasteiger partial charge in [-0.05, 0) is 58.9 Å². The highest BCUT2D eigenvalue weighted by Crippen LogP contribution is 2.50. The van der Waals surface area contributed by atoms with E-state index in [1.165, 1.54) is 25.3 Å². The normalized spacial score (nSPS) is 17.3. The van der Waals surface area contributed by atoms with Crippen molar-refractivity contribution in [2.24, 2.45) is 5.41 Å². The molecule has 18 heavy (non-hydrogen) atoms. The van der Waals surface area contributed by atoms with Crippen molar-refractivity contribution >= 4 is 39.2 Å². The molecule has 0 atom stereocenters. The number of H-pyrrole nitrogens is 1. The first-order chi connectivity index (χ1) is 8.54. The van der Waals surface area contributed by atoms with E-state index >= 15 is 0 Å². The lowest BCUT2D eigenvalue weighted by Gasteiger charge is -2.14. The Balaban J connectivity index is 2.13. The van der Waals surface area contributed by atoms with Crippen LogP contribution < -0.4 is 0 Å². The monoisotopic (exact) mass is 328 g/mol. The minimum Gasteiger partial charge on any atom is -0.330 e. The zero-order valence-electron chi connectivity index (χ0n) is 10.1. The van der Waals surface area contributed by atoms with E-state index in [0.29, 0.717) is 14.7 Å². The fourth-order valence-electron chi connectivity index (χ4n) is 2.44. The molecule has 1 aliphatic carbocycles. The molecule has 0 saturated heterocycles. The van der Waals surface area contributed by atoms with E-state index in [9.17, 15) is 4.39 Å². The molecule has 1 N–H and O–H groups in total. The predicted octanol–water partition coefficient (Wildman–Crippen LogP) is 4.79. The maximum Gasteiger partial charge on any atom is 0.178 e. The number of benzene rings is 1. The number of nitrogens with zero attached hydrogens (tertiary/aromatic N) is 1. The van der Waals surface area contributed by atoms with Crippen molar-refractivity contribution in [3.63, 3.8) is 0 Å². The number of aromatic nitrogens is 2. The topological polar surface area (TPSA) is 20.7 Å². The summed E-state index contributed by atoms with van der Waals surface area (Å²) in [6.07, 6.45) is 3.70. The van der Waals surface area contributed by atoms with E-state index < -0.39 is 0 Å². The summed E-state index contributed by atoms with van der Waals surface area (Å²) in [5.41, 5.74) is 2.16. The van der Waals surface area contributed by atoms with Crippen LogP contribution in [0.3, 0.4) is 0 Å². The van der Waals surface area contributed by atoms with Crippen LogP contribution in [-0.4, -0.2) is 9.55 Å². The van der Waals surface area contributed by atoms with Gasteiger partial charge in [-0.2, -0.15) is 0 Å². The second-order valence-electron chi connectivity index (χ2n) is 5.15. The quantitative estimate of drug-likeness (QED) is 0.803. The molecule has 0 bridgehead atoms. The number of imidazole rings is 1. The summed E-state index contributed by atoms with van der Waals surface area (Å²) >= 11 is 8.59. The average Bonchev–Trinajstić information content (AvgIpc) is 3.05. The van der Waals surface area contributed by atoms with Crippen molar-refractivity contribution in [1.82, 2.24) is 9.55 Å². The molecule has 0 radical (unpaired) electrons. The zero-order valence-corrected chi connectivity index (χ0v) is 12.5. The van der Waals surface area contributed by atoms with Gasteiger partial charge >= 0.3 is 0 Å². The molecule has 1 fully saturated rings. The molecule has 0 amide bonds. The van der Waals surface area contributed by atoms with Gasteiger partial charge < -0.3 is 9.55 Å². The number of hydrogen-bond donors (Lipinski definition) is 1. The van der Waals surface area contributed by atoms with Gasteiger partial charge in [0.05, 0.1) is 15.5 Å². The fraction of sp³-hybridized carbons (Fsp3) is 0.462. The van der Waals surface area contributed by atoms with Crippen LogP contribution in [-0.2, 0) is 6.54 Å². The van der Waals surface area contributed by atoms with E-state index in [2.05, 4.69) is 32.4 Å². The molecule has 5 heteroatoms. The molecule has 2 nitrogen and oxygen atoms in total. The molecule has 0 unspecified atom stereocenters. The lowest BCUT2D eigenvalue weighted by molar-refractivity contribution is 0.412. The van der Waals surface area contributed by atoms with E-state index in [4.69, 9.17) is 12.2 Å². The largest absolute Gasteiger partial charge is 0.330 e. The summed E-state index contributed by atoms with van der Waals surface area (Å²) in [4.78, 5) is 3.09. The van der Waals surface area contributed by atoms with Crippen LogP contribution in [0.5, 0.6) is 0 Å². The van der Waals surface area contributed by atoms with Crippen LogP contribution >= 0.6 is 28.1 Å². The van der Waals surface area contributed by atoms with Gasteiger partial charge in [-0.3, -0.25) is 0 Å². The number of halogens is 2. The lowest BCUT2D eigenvalue weighted by atomic mass is 10.0. The van der Waals surface area contributed by atoms with Crippen LogP contribution in [0.2, 0.25) is 0 Å². The Morgan fingerprint density at radius 2 is 2.22 bits per heavy atom. The molecule has 1 aliphatic rings. The first kappa shape index (κ1) is 12.4. The third kappa shape index (κ3) is 1.93. The average molecular weight is 329 g/mol. The molecule has 0 spiro atoms. The Kier molecular flexibility index (Phi) is 2.86. The highest BCUT2D eigenvalue weighted by molar-refractivity contribution is 9.10. The number of hydrogen-bond acceptors (Lipinski definition) is 1. The summed E-state index contributed by atoms with van der Waals surface area (Å²) in [6, 6.07) is 3.31. The van der Waals surface area contributed by atoms with Gasteiger partial charge in [0.2, 0.25) is 0 Å². The van der Waals surface area contributed by atoms with Gasteiger partial charge in [0.15, 0.2) is 4.77 Å². The zero-order chi connectivity index (χ0) is 12.9. The maximum absolute atomic E-state index is 13.5. The summed E-state index contributed by atoms with van der Waals surface area (Å²) in [6.45, 7) is 3.15. The third-order valence-electron chi connectivity index (χ3n) is 4.02. The molecular formula is C13H14BrFN2S. The third-order valence-corrected chi connectivity index (χ3v) is 4.95. The number of fused-ring (bicyclic) bond motifs is 1. The SMILES string of the molecule is CCC1(Cn2c(=S)[nH]c3cc(F)c(Br)cc32)CC1. The van der Waals surface area contributed by atoms with Crippen molar-refractivity contribution in [2.75, 3.05) is 0 Å². The molecule has 1 aromatic heterocycles. The second-order valence-corrected chi connectivity index (χ2v) is 6.39. The number of aromatic amines is 1. The Morgan fingerprint density at radius 3 is 2.83 bits per heavy atom. The summed E-state index contributed by atoms with van der Waals surface area (Å²) < 4.78 is 16.8. The van der Waals surface area contributed by atoms with Gasteiger partial charge in [-0.15, -0.1) is 0 Å². The Morgan fingerprint density at radius 1 is 1.50 bits per heavy atom. The summed E-state index contributed by atoms with van der Waals surface area (Å²) in [5, 5.41) is 0. The Labute approximate surface area is 118 Å². The van der Waals surface area contributed by atoms with E-state index in [-0.39, 0.29) is 5.82 Å². The van der Waals surface area contributed by atoms with Crippen LogP contribution in [0.1, 0.15) is 26.2 Å². The second kappa shape index (κ2) is 4.17. The highest BCUT2D eigenvalue weighted by atomic mass is 79.9. The van der Waals surface area contributed by atoms with Gasteiger partial charge in [0.25, 0.3) is 0 Å². The van der Waals surface area contributed by atoms with Crippen LogP contribution in [0.15, 0.2) is 16.6 Å². The van der Waals surface area contributed by atoms with Gasteiger partial charge in [0.1, 0.15) is 5.82 Å². The Bertz CT molecular complexity index is 669. The lowest BCUT2D eigenvalue weighted by Crippen LogP contribution is -2.10. The smallest absolute Gasteiger partial charge is 0.178 e. The van der Waals surface area contributed by atoms with Crippen molar-refractivity contribution in [3.8, 4) is 0 Å². The van der Waals surface area contributed by atoms with Gasteiger partial charge in [0, 0.05) is 12.6 Å². The minimum absolute atomic E-state index is 0.262. The summed E-state index contributed by atoms with van der Waals surface area (Å²) in [5.74, 6) is -0.262. The first-order valence-electron chi connectivity index (χ1n) is 6.12. The molecule has 96 valence electrons. The standard InChI is InChI=1S/C13H14BrFN2S/c1-2-13(3-4-13)7-17-11-5-8(14)9(15)6-10(11)16-12(17)18/h5-6H,2-4,7H2,1H3,(H,16,18). The van der Waals surface area contributed by atoms with Crippen LogP contribution in [0.4, 0.5) is 4.39 Å². The molecule has 1 saturated carbocycles. The van der Waals surface area contributed by atoms with Gasteiger partial charge in [-0.25, -0.2) is 4.39 Å². The highest BCUT2D eigenvalue weighted by Gasteiger charge is 2.41. The number of rotatable bonds is 3. The van der Waals surface area contributed by atoms with E-state index in [0.717, 1.165) is 17.6 Å². The number of nitrogens with one attached hydrogen (secondary N) is 1. The van der Waals surface area contributed by atoms with Crippen LogP contribution in [0, 0.1) is 16.0 Å². The fourth-order valence-corrected chi connectivity index (χ4v) is 3.05. The molecule has 1 aromatic carbocycles.